The molecule has 0 aliphatic carbocycles. The second-order valence-electron chi connectivity index (χ2n) is 7.32. The number of nitriles is 2. The molecule has 0 aliphatic rings. The Morgan fingerprint density at radius 3 is 2.28 bits per heavy atom. The molecule has 0 unspecified atom stereocenters. The van der Waals surface area contributed by atoms with Crippen molar-refractivity contribution in [2.45, 2.75) is 20.0 Å². The van der Waals surface area contributed by atoms with E-state index < -0.39 is 0 Å². The molecule has 5 rings (SSSR count). The molecule has 154 valence electrons. The van der Waals surface area contributed by atoms with E-state index in [9.17, 15) is 10.5 Å². The molecular weight excluding hydrogens is 400 g/mol. The van der Waals surface area contributed by atoms with Gasteiger partial charge in [0.05, 0.1) is 23.1 Å². The maximum atomic E-state index is 9.53. The SMILES string of the molecule is CCn1c(-c2c(N)n(Cc3ccccc3)c3nc(C#N)c(C#N)nc23)nc2ccccc21. The monoisotopic (exact) mass is 418 g/mol. The van der Waals surface area contributed by atoms with Crippen LogP contribution in [-0.4, -0.2) is 24.1 Å². The van der Waals surface area contributed by atoms with E-state index in [1.807, 2.05) is 78.2 Å². The third kappa shape index (κ3) is 2.86. The van der Waals surface area contributed by atoms with Gasteiger partial charge in [-0.05, 0) is 24.6 Å². The van der Waals surface area contributed by atoms with Gasteiger partial charge in [0.2, 0.25) is 0 Å². The molecule has 0 amide bonds. The highest BCUT2D eigenvalue weighted by Crippen LogP contribution is 2.37. The lowest BCUT2D eigenvalue weighted by molar-refractivity contribution is 0.795. The Bertz CT molecular complexity index is 1560. The molecule has 0 saturated heterocycles. The van der Waals surface area contributed by atoms with E-state index in [1.54, 1.807) is 0 Å². The van der Waals surface area contributed by atoms with Crippen molar-refractivity contribution >= 4 is 28.0 Å². The Labute approximate surface area is 183 Å². The third-order valence-corrected chi connectivity index (χ3v) is 5.51. The van der Waals surface area contributed by atoms with Crippen LogP contribution >= 0.6 is 0 Å². The number of nitrogen functional groups attached to an aromatic ring is 1. The summed E-state index contributed by atoms with van der Waals surface area (Å²) in [4.78, 5) is 13.8. The summed E-state index contributed by atoms with van der Waals surface area (Å²) in [6.45, 7) is 3.16. The van der Waals surface area contributed by atoms with Crippen LogP contribution in [0.4, 0.5) is 5.82 Å². The molecule has 8 heteroatoms. The van der Waals surface area contributed by atoms with Crippen LogP contribution in [0.3, 0.4) is 0 Å². The number of para-hydroxylation sites is 2. The van der Waals surface area contributed by atoms with E-state index in [1.165, 1.54) is 0 Å². The summed E-state index contributed by atoms with van der Waals surface area (Å²) in [5.74, 6) is 1.10. The zero-order chi connectivity index (χ0) is 22.2. The lowest BCUT2D eigenvalue weighted by atomic mass is 10.2. The number of fused-ring (bicyclic) bond motifs is 2. The molecule has 0 atom stereocenters. The summed E-state index contributed by atoms with van der Waals surface area (Å²) in [5.41, 5.74) is 11.0. The van der Waals surface area contributed by atoms with Gasteiger partial charge in [0.15, 0.2) is 17.0 Å². The van der Waals surface area contributed by atoms with Crippen molar-refractivity contribution in [3.63, 3.8) is 0 Å². The first-order valence-electron chi connectivity index (χ1n) is 10.2. The van der Waals surface area contributed by atoms with Gasteiger partial charge >= 0.3 is 0 Å². The van der Waals surface area contributed by atoms with Crippen molar-refractivity contribution < 1.29 is 0 Å². The molecule has 2 N–H and O–H groups in total. The van der Waals surface area contributed by atoms with Gasteiger partial charge in [-0.1, -0.05) is 42.5 Å². The molecule has 0 saturated carbocycles. The second-order valence-corrected chi connectivity index (χ2v) is 7.32. The molecule has 3 heterocycles. The fourth-order valence-corrected chi connectivity index (χ4v) is 4.04. The van der Waals surface area contributed by atoms with Gasteiger partial charge in [-0.25, -0.2) is 15.0 Å². The van der Waals surface area contributed by atoms with Gasteiger partial charge < -0.3 is 14.9 Å². The molecule has 5 aromatic rings. The van der Waals surface area contributed by atoms with Crippen LogP contribution in [0.2, 0.25) is 0 Å². The van der Waals surface area contributed by atoms with Crippen LogP contribution in [-0.2, 0) is 13.1 Å². The molecular formula is C24H18N8. The molecule has 0 radical (unpaired) electrons. The fraction of sp³-hybridized carbons (Fsp3) is 0.125. The number of aryl methyl sites for hydroxylation is 1. The summed E-state index contributed by atoms with van der Waals surface area (Å²) in [6, 6.07) is 21.7. The van der Waals surface area contributed by atoms with Crippen molar-refractivity contribution in [2.75, 3.05) is 5.73 Å². The van der Waals surface area contributed by atoms with Crippen LogP contribution < -0.4 is 5.73 Å². The van der Waals surface area contributed by atoms with Crippen molar-refractivity contribution in [3.05, 3.63) is 71.5 Å². The van der Waals surface area contributed by atoms with Crippen molar-refractivity contribution in [3.8, 4) is 23.5 Å². The van der Waals surface area contributed by atoms with E-state index in [0.717, 1.165) is 16.6 Å². The average molecular weight is 418 g/mol. The molecule has 0 bridgehead atoms. The standard InChI is InChI=1S/C24H18N8/c1-2-31-19-11-7-6-10-16(19)29-23(31)20-21-24(30-18(13-26)17(12-25)28-21)32(22(20)27)14-15-8-4-3-5-9-15/h3-11H,2,14,27H2,1H3. The smallest absolute Gasteiger partial charge is 0.179 e. The van der Waals surface area contributed by atoms with Gasteiger partial charge in [0.25, 0.3) is 0 Å². The summed E-state index contributed by atoms with van der Waals surface area (Å²) < 4.78 is 3.90. The van der Waals surface area contributed by atoms with Gasteiger partial charge in [-0.3, -0.25) is 0 Å². The summed E-state index contributed by atoms with van der Waals surface area (Å²) in [5, 5.41) is 19.0. The first kappa shape index (κ1) is 19.3. The predicted octanol–water partition coefficient (Wildman–Crippen LogP) is 3.84. The van der Waals surface area contributed by atoms with Gasteiger partial charge in [-0.15, -0.1) is 0 Å². The highest BCUT2D eigenvalue weighted by Gasteiger charge is 2.25. The molecule has 32 heavy (non-hydrogen) atoms. The normalized spacial score (nSPS) is 11.0. The van der Waals surface area contributed by atoms with E-state index in [2.05, 4.69) is 14.5 Å². The second kappa shape index (κ2) is 7.53. The summed E-state index contributed by atoms with van der Waals surface area (Å²) in [6.07, 6.45) is 0. The predicted molar refractivity (Wildman–Crippen MR) is 121 cm³/mol. The van der Waals surface area contributed by atoms with E-state index in [-0.39, 0.29) is 11.4 Å². The Balaban J connectivity index is 1.87. The number of nitrogens with zero attached hydrogens (tertiary/aromatic N) is 7. The maximum absolute atomic E-state index is 9.53. The van der Waals surface area contributed by atoms with E-state index in [0.29, 0.717) is 41.5 Å². The van der Waals surface area contributed by atoms with Gasteiger partial charge in [-0.2, -0.15) is 10.5 Å². The van der Waals surface area contributed by atoms with E-state index in [4.69, 9.17) is 10.7 Å². The average Bonchev–Trinajstić information content (AvgIpc) is 3.32. The zero-order valence-corrected chi connectivity index (χ0v) is 17.3. The van der Waals surface area contributed by atoms with Crippen LogP contribution in [0.1, 0.15) is 23.9 Å². The minimum Gasteiger partial charge on any atom is -0.384 e. The zero-order valence-electron chi connectivity index (χ0n) is 17.3. The quantitative estimate of drug-likeness (QED) is 0.473. The van der Waals surface area contributed by atoms with Crippen molar-refractivity contribution in [2.24, 2.45) is 0 Å². The molecule has 2 aromatic carbocycles. The minimum absolute atomic E-state index is 0.0256. The Morgan fingerprint density at radius 1 is 0.875 bits per heavy atom. The lowest BCUT2D eigenvalue weighted by Crippen LogP contribution is -2.06. The number of rotatable bonds is 4. The number of imidazole rings is 1. The van der Waals surface area contributed by atoms with Crippen molar-refractivity contribution in [1.29, 1.82) is 10.5 Å². The molecule has 0 fully saturated rings. The number of hydrogen-bond acceptors (Lipinski definition) is 6. The maximum Gasteiger partial charge on any atom is 0.179 e. The fourth-order valence-electron chi connectivity index (χ4n) is 4.04. The summed E-state index contributed by atoms with van der Waals surface area (Å²) in [7, 11) is 0. The number of anilines is 1. The van der Waals surface area contributed by atoms with E-state index >= 15 is 0 Å². The third-order valence-electron chi connectivity index (χ3n) is 5.51. The lowest BCUT2D eigenvalue weighted by Gasteiger charge is -2.09. The minimum atomic E-state index is -0.0303. The molecule has 3 aromatic heterocycles. The molecule has 8 nitrogen and oxygen atoms in total. The highest BCUT2D eigenvalue weighted by atomic mass is 15.1. The van der Waals surface area contributed by atoms with Gasteiger partial charge in [0.1, 0.15) is 29.3 Å². The topological polar surface area (TPSA) is 122 Å². The Hall–Kier alpha value is -4.69. The number of hydrogen-bond donors (Lipinski definition) is 1. The van der Waals surface area contributed by atoms with Crippen LogP contribution in [0.15, 0.2) is 54.6 Å². The first-order chi connectivity index (χ1) is 15.7. The number of nitrogens with two attached hydrogens (primary N) is 1. The van der Waals surface area contributed by atoms with Crippen LogP contribution in [0, 0.1) is 22.7 Å². The first-order valence-corrected chi connectivity index (χ1v) is 10.2. The molecule has 0 spiro atoms. The van der Waals surface area contributed by atoms with Crippen LogP contribution in [0.5, 0.6) is 0 Å². The van der Waals surface area contributed by atoms with Gasteiger partial charge in [0, 0.05) is 6.54 Å². The van der Waals surface area contributed by atoms with Crippen LogP contribution in [0.25, 0.3) is 33.6 Å². The Kier molecular flexibility index (Phi) is 4.54. The van der Waals surface area contributed by atoms with Crippen molar-refractivity contribution in [1.82, 2.24) is 24.1 Å². The number of aromatic nitrogens is 5. The largest absolute Gasteiger partial charge is 0.384 e. The summed E-state index contributed by atoms with van der Waals surface area (Å²) >= 11 is 0. The molecule has 0 aliphatic heterocycles. The highest BCUT2D eigenvalue weighted by molar-refractivity contribution is 5.99. The Morgan fingerprint density at radius 2 is 1.56 bits per heavy atom. The number of benzene rings is 2.